The summed E-state index contributed by atoms with van der Waals surface area (Å²) in [7, 11) is 1.00. The van der Waals surface area contributed by atoms with Crippen molar-refractivity contribution < 1.29 is 9.84 Å². The smallest absolute Gasteiger partial charge is 0.0437 e. The monoisotopic (exact) mass is 209 g/mol. The summed E-state index contributed by atoms with van der Waals surface area (Å²) in [6.07, 6.45) is 5.54. The number of ether oxygens (including phenoxy) is 1. The maximum atomic E-state index is 7.00. The van der Waals surface area contributed by atoms with Gasteiger partial charge >= 0.3 is 0 Å². The molecule has 0 fully saturated rings. The van der Waals surface area contributed by atoms with E-state index in [1.165, 1.54) is 25.7 Å². The Kier molecular flexibility index (Phi) is 64.7. The summed E-state index contributed by atoms with van der Waals surface area (Å²) in [4.78, 5) is 0. The minimum Gasteiger partial charge on any atom is -0.400 e. The molecular formula is C11H31NO2. The topological polar surface area (TPSA) is 64.5 Å². The van der Waals surface area contributed by atoms with Crippen molar-refractivity contribution in [2.24, 2.45) is 0 Å². The molecule has 0 rings (SSSR count). The van der Waals surface area contributed by atoms with Crippen molar-refractivity contribution in [2.45, 2.75) is 53.4 Å². The van der Waals surface area contributed by atoms with Gasteiger partial charge in [0.1, 0.15) is 0 Å². The third-order valence-electron chi connectivity index (χ3n) is 1.37. The lowest BCUT2D eigenvalue weighted by molar-refractivity contribution is 0.162. The third-order valence-corrected chi connectivity index (χ3v) is 1.37. The van der Waals surface area contributed by atoms with E-state index in [9.17, 15) is 0 Å². The van der Waals surface area contributed by atoms with Gasteiger partial charge in [0.2, 0.25) is 0 Å². The Morgan fingerprint density at radius 3 is 1.14 bits per heavy atom. The van der Waals surface area contributed by atoms with Crippen LogP contribution in [-0.2, 0) is 4.74 Å². The number of hydrogen-bond donors (Lipinski definition) is 2. The van der Waals surface area contributed by atoms with Crippen LogP contribution in [0.2, 0.25) is 0 Å². The molecule has 0 aliphatic carbocycles. The highest BCUT2D eigenvalue weighted by Gasteiger charge is 1.75. The second-order valence-electron chi connectivity index (χ2n) is 2.49. The van der Waals surface area contributed by atoms with E-state index in [-0.39, 0.29) is 6.15 Å². The second kappa shape index (κ2) is 38.4. The Morgan fingerprint density at radius 2 is 1.07 bits per heavy atom. The molecule has 0 amide bonds. The van der Waals surface area contributed by atoms with Crippen molar-refractivity contribution in [1.29, 1.82) is 0 Å². The fourth-order valence-corrected chi connectivity index (χ4v) is 0.704. The van der Waals surface area contributed by atoms with Crippen molar-refractivity contribution in [1.82, 2.24) is 6.15 Å². The maximum absolute atomic E-state index is 7.00. The molecule has 3 heteroatoms. The van der Waals surface area contributed by atoms with Crippen LogP contribution in [0.5, 0.6) is 0 Å². The van der Waals surface area contributed by atoms with E-state index in [1.54, 1.807) is 0 Å². The van der Waals surface area contributed by atoms with Crippen LogP contribution in [0.25, 0.3) is 0 Å². The highest BCUT2D eigenvalue weighted by Crippen LogP contribution is 1.95. The van der Waals surface area contributed by atoms with E-state index < -0.39 is 0 Å². The molecule has 0 radical (unpaired) electrons. The Balaban J connectivity index is -0.0000000576. The number of aliphatic hydroxyl groups excluding tert-OH is 1. The number of unbranched alkanes of at least 4 members (excludes halogenated alkanes) is 3. The Hall–Kier alpha value is -0.120. The Morgan fingerprint density at radius 1 is 0.786 bits per heavy atom. The molecular weight excluding hydrogens is 178 g/mol. The normalized spacial score (nSPS) is 7.29. The number of rotatable bonds is 5. The zero-order valence-electron chi connectivity index (χ0n) is 10.8. The van der Waals surface area contributed by atoms with Crippen LogP contribution in [0.3, 0.4) is 0 Å². The van der Waals surface area contributed by atoms with Gasteiger partial charge in [-0.1, -0.05) is 39.5 Å². The summed E-state index contributed by atoms with van der Waals surface area (Å²) in [6, 6.07) is 0. The SMILES string of the molecule is CCCCCC.CCOCC.CO.N. The van der Waals surface area contributed by atoms with Crippen LogP contribution < -0.4 is 6.15 Å². The predicted molar refractivity (Wildman–Crippen MR) is 65.1 cm³/mol. The fourth-order valence-electron chi connectivity index (χ4n) is 0.704. The van der Waals surface area contributed by atoms with E-state index in [2.05, 4.69) is 13.8 Å². The van der Waals surface area contributed by atoms with Crippen LogP contribution in [0.4, 0.5) is 0 Å². The molecule has 0 spiro atoms. The summed E-state index contributed by atoms with van der Waals surface area (Å²) in [6.45, 7) is 10.1. The minimum absolute atomic E-state index is 0. The largest absolute Gasteiger partial charge is 0.400 e. The Bertz CT molecular complexity index is 46.6. The summed E-state index contributed by atoms with van der Waals surface area (Å²) < 4.78 is 4.83. The number of hydrogen-bond acceptors (Lipinski definition) is 3. The summed E-state index contributed by atoms with van der Waals surface area (Å²) in [5, 5.41) is 7.00. The molecule has 0 bridgehead atoms. The average Bonchev–Trinajstić information content (AvgIpc) is 2.20. The molecule has 0 aliphatic rings. The van der Waals surface area contributed by atoms with Gasteiger partial charge in [-0.05, 0) is 13.8 Å². The summed E-state index contributed by atoms with van der Waals surface area (Å²) in [5.74, 6) is 0. The first-order valence-corrected chi connectivity index (χ1v) is 5.35. The van der Waals surface area contributed by atoms with Gasteiger partial charge in [0.25, 0.3) is 0 Å². The zero-order valence-corrected chi connectivity index (χ0v) is 10.8. The van der Waals surface area contributed by atoms with Crippen LogP contribution in [0.1, 0.15) is 53.4 Å². The van der Waals surface area contributed by atoms with Crippen LogP contribution in [0.15, 0.2) is 0 Å². The molecule has 0 unspecified atom stereocenters. The van der Waals surface area contributed by atoms with E-state index in [1.807, 2.05) is 13.8 Å². The van der Waals surface area contributed by atoms with Gasteiger partial charge in [-0.3, -0.25) is 0 Å². The van der Waals surface area contributed by atoms with Gasteiger partial charge in [0.05, 0.1) is 0 Å². The van der Waals surface area contributed by atoms with Gasteiger partial charge in [-0.15, -0.1) is 0 Å². The van der Waals surface area contributed by atoms with Gasteiger partial charge in [0, 0.05) is 20.3 Å². The van der Waals surface area contributed by atoms with E-state index in [0.29, 0.717) is 0 Å². The molecule has 92 valence electrons. The van der Waals surface area contributed by atoms with Crippen molar-refractivity contribution in [2.75, 3.05) is 20.3 Å². The van der Waals surface area contributed by atoms with E-state index in [0.717, 1.165) is 20.3 Å². The summed E-state index contributed by atoms with van der Waals surface area (Å²) in [5.41, 5.74) is 0. The van der Waals surface area contributed by atoms with Crippen LogP contribution >= 0.6 is 0 Å². The first kappa shape index (κ1) is 23.6. The molecule has 0 saturated carbocycles. The molecule has 14 heavy (non-hydrogen) atoms. The highest BCUT2D eigenvalue weighted by atomic mass is 16.5. The lowest BCUT2D eigenvalue weighted by Gasteiger charge is -1.86. The minimum atomic E-state index is 0. The standard InChI is InChI=1S/C6H14.C4H10O.CH4O.H3N/c1-3-5-6-4-2;1-3-5-4-2;1-2;/h3-6H2,1-2H3;3-4H2,1-2H3;2H,1H3;1H3. The molecule has 0 aromatic heterocycles. The molecule has 4 N–H and O–H groups in total. The van der Waals surface area contributed by atoms with E-state index >= 15 is 0 Å². The first-order chi connectivity index (χ1) is 6.33. The van der Waals surface area contributed by atoms with Crippen molar-refractivity contribution in [3.63, 3.8) is 0 Å². The zero-order chi connectivity index (χ0) is 10.9. The molecule has 0 heterocycles. The van der Waals surface area contributed by atoms with Crippen LogP contribution in [0, 0.1) is 0 Å². The van der Waals surface area contributed by atoms with Crippen molar-refractivity contribution in [3.05, 3.63) is 0 Å². The molecule has 0 aromatic rings. The van der Waals surface area contributed by atoms with Gasteiger partial charge < -0.3 is 16.0 Å². The summed E-state index contributed by atoms with van der Waals surface area (Å²) >= 11 is 0. The molecule has 0 atom stereocenters. The molecule has 3 nitrogen and oxygen atoms in total. The Labute approximate surface area is 90.4 Å². The predicted octanol–water partition coefficient (Wildman–Crippen LogP) is 3.40. The average molecular weight is 209 g/mol. The van der Waals surface area contributed by atoms with Gasteiger partial charge in [0.15, 0.2) is 0 Å². The van der Waals surface area contributed by atoms with Crippen molar-refractivity contribution in [3.8, 4) is 0 Å². The van der Waals surface area contributed by atoms with Crippen molar-refractivity contribution >= 4 is 0 Å². The lowest BCUT2D eigenvalue weighted by atomic mass is 10.2. The quantitative estimate of drug-likeness (QED) is 0.682. The van der Waals surface area contributed by atoms with Gasteiger partial charge in [-0.2, -0.15) is 0 Å². The highest BCUT2D eigenvalue weighted by molar-refractivity contribution is 4.31. The molecule has 0 aliphatic heterocycles. The van der Waals surface area contributed by atoms with E-state index in [4.69, 9.17) is 9.84 Å². The van der Waals surface area contributed by atoms with Crippen LogP contribution in [-0.4, -0.2) is 25.4 Å². The number of aliphatic hydroxyl groups is 1. The second-order valence-corrected chi connectivity index (χ2v) is 2.49. The fraction of sp³-hybridized carbons (Fsp3) is 1.00. The van der Waals surface area contributed by atoms with Gasteiger partial charge in [-0.25, -0.2) is 0 Å². The first-order valence-electron chi connectivity index (χ1n) is 5.35. The molecule has 0 saturated heterocycles. The maximum Gasteiger partial charge on any atom is 0.0437 e. The lowest BCUT2D eigenvalue weighted by Crippen LogP contribution is -1.84. The molecule has 0 aromatic carbocycles. The third kappa shape index (κ3) is 59.1.